The van der Waals surface area contributed by atoms with Crippen molar-refractivity contribution < 1.29 is 0 Å². The van der Waals surface area contributed by atoms with Gasteiger partial charge in [-0.3, -0.25) is 5.32 Å². The van der Waals surface area contributed by atoms with Crippen molar-refractivity contribution >= 4 is 0 Å². The molecule has 1 fully saturated rings. The minimum absolute atomic E-state index is 0.256. The van der Waals surface area contributed by atoms with Crippen molar-refractivity contribution in [3.8, 4) is 0 Å². The summed E-state index contributed by atoms with van der Waals surface area (Å²) < 4.78 is 0. The molecule has 1 rings (SSSR count). The average molecular weight is 194 g/mol. The molecule has 0 saturated carbocycles. The maximum Gasteiger partial charge on any atom is 0.0708 e. The van der Waals surface area contributed by atoms with Crippen LogP contribution in [0, 0.1) is 0 Å². The summed E-state index contributed by atoms with van der Waals surface area (Å²) in [4.78, 5) is 0. The normalized spacial score (nSPS) is 24.2. The first-order valence-electron chi connectivity index (χ1n) is 5.66. The highest BCUT2D eigenvalue weighted by atomic mass is 15.2. The number of rotatable bonds is 6. The number of hydrogen-bond donors (Lipinski definition) is 2. The van der Waals surface area contributed by atoms with Gasteiger partial charge >= 0.3 is 0 Å². The SMILES string of the molecule is CCCCC=C=C(C)CCC1NC1N. The number of allylic oxidation sites excluding steroid dienone is 1. The molecule has 0 bridgehead atoms. The molecule has 0 spiro atoms. The second kappa shape index (κ2) is 6.02. The van der Waals surface area contributed by atoms with E-state index in [1.165, 1.54) is 18.4 Å². The lowest BCUT2D eigenvalue weighted by molar-refractivity contribution is 0.773. The summed E-state index contributed by atoms with van der Waals surface area (Å²) in [7, 11) is 0. The minimum Gasteiger partial charge on any atom is -0.315 e. The van der Waals surface area contributed by atoms with Gasteiger partial charge in [0.2, 0.25) is 0 Å². The van der Waals surface area contributed by atoms with E-state index in [4.69, 9.17) is 5.73 Å². The van der Waals surface area contributed by atoms with E-state index in [9.17, 15) is 0 Å². The van der Waals surface area contributed by atoms with E-state index in [1.54, 1.807) is 0 Å². The Labute approximate surface area is 87.3 Å². The van der Waals surface area contributed by atoms with Crippen molar-refractivity contribution in [2.24, 2.45) is 5.73 Å². The Morgan fingerprint density at radius 3 is 2.86 bits per heavy atom. The van der Waals surface area contributed by atoms with E-state index in [2.05, 4.69) is 31.0 Å². The molecule has 1 saturated heterocycles. The van der Waals surface area contributed by atoms with E-state index in [1.807, 2.05) is 0 Å². The fourth-order valence-electron chi connectivity index (χ4n) is 1.45. The molecule has 2 unspecified atom stereocenters. The Morgan fingerprint density at radius 2 is 2.29 bits per heavy atom. The molecule has 0 aromatic rings. The summed E-state index contributed by atoms with van der Waals surface area (Å²) in [6, 6.07) is 0.558. The van der Waals surface area contributed by atoms with Crippen LogP contribution in [-0.4, -0.2) is 12.2 Å². The molecule has 2 heteroatoms. The lowest BCUT2D eigenvalue weighted by Gasteiger charge is -1.95. The smallest absolute Gasteiger partial charge is 0.0708 e. The molecule has 0 radical (unpaired) electrons. The van der Waals surface area contributed by atoms with Crippen LogP contribution in [0.2, 0.25) is 0 Å². The first kappa shape index (κ1) is 11.5. The zero-order chi connectivity index (χ0) is 10.4. The van der Waals surface area contributed by atoms with E-state index < -0.39 is 0 Å². The van der Waals surface area contributed by atoms with Gasteiger partial charge in [-0.1, -0.05) is 13.3 Å². The van der Waals surface area contributed by atoms with Crippen LogP contribution in [0.4, 0.5) is 0 Å². The van der Waals surface area contributed by atoms with Crippen molar-refractivity contribution in [1.29, 1.82) is 0 Å². The van der Waals surface area contributed by atoms with Gasteiger partial charge in [0.05, 0.1) is 6.17 Å². The van der Waals surface area contributed by atoms with Gasteiger partial charge in [-0.05, 0) is 44.3 Å². The number of nitrogens with one attached hydrogen (secondary N) is 1. The van der Waals surface area contributed by atoms with Gasteiger partial charge in [0.15, 0.2) is 0 Å². The number of nitrogens with two attached hydrogens (primary N) is 1. The van der Waals surface area contributed by atoms with Gasteiger partial charge in [-0.25, -0.2) is 0 Å². The lowest BCUT2D eigenvalue weighted by atomic mass is 10.1. The second-order valence-corrected chi connectivity index (χ2v) is 4.11. The molecule has 0 aliphatic carbocycles. The summed E-state index contributed by atoms with van der Waals surface area (Å²) in [5.41, 5.74) is 10.3. The second-order valence-electron chi connectivity index (χ2n) is 4.11. The van der Waals surface area contributed by atoms with Crippen molar-refractivity contribution in [3.63, 3.8) is 0 Å². The van der Waals surface area contributed by atoms with E-state index in [0.29, 0.717) is 6.04 Å². The van der Waals surface area contributed by atoms with Crippen molar-refractivity contribution in [2.45, 2.75) is 58.2 Å². The molecular formula is C12H22N2. The van der Waals surface area contributed by atoms with Crippen LogP contribution in [0.5, 0.6) is 0 Å². The van der Waals surface area contributed by atoms with Crippen LogP contribution in [-0.2, 0) is 0 Å². The van der Waals surface area contributed by atoms with E-state index in [0.717, 1.165) is 19.3 Å². The van der Waals surface area contributed by atoms with Crippen molar-refractivity contribution in [2.75, 3.05) is 0 Å². The Hall–Kier alpha value is -0.560. The van der Waals surface area contributed by atoms with Crippen LogP contribution in [0.25, 0.3) is 0 Å². The average Bonchev–Trinajstić information content (AvgIpc) is 2.86. The summed E-state index contributed by atoms with van der Waals surface area (Å²) >= 11 is 0. The van der Waals surface area contributed by atoms with Gasteiger partial charge in [-0.2, -0.15) is 0 Å². The molecule has 0 aromatic heterocycles. The summed E-state index contributed by atoms with van der Waals surface area (Å²) in [5.74, 6) is 0. The molecule has 1 aliphatic rings. The summed E-state index contributed by atoms with van der Waals surface area (Å²) in [5, 5.41) is 3.19. The highest BCUT2D eigenvalue weighted by Crippen LogP contribution is 2.14. The maximum atomic E-state index is 5.64. The largest absolute Gasteiger partial charge is 0.315 e. The molecule has 80 valence electrons. The fraction of sp³-hybridized carbons (Fsp3) is 0.750. The molecule has 0 aromatic carbocycles. The monoisotopic (exact) mass is 194 g/mol. The van der Waals surface area contributed by atoms with Crippen molar-refractivity contribution in [3.05, 3.63) is 17.4 Å². The third-order valence-corrected chi connectivity index (χ3v) is 2.61. The predicted octanol–water partition coefficient (Wildman–Crippen LogP) is 2.31. The third kappa shape index (κ3) is 4.61. The highest BCUT2D eigenvalue weighted by molar-refractivity contribution is 5.02. The summed E-state index contributed by atoms with van der Waals surface area (Å²) in [6.45, 7) is 4.36. The first-order valence-corrected chi connectivity index (χ1v) is 5.66. The Kier molecular flexibility index (Phi) is 4.95. The fourth-order valence-corrected chi connectivity index (χ4v) is 1.45. The predicted molar refractivity (Wildman–Crippen MR) is 60.9 cm³/mol. The van der Waals surface area contributed by atoms with Crippen LogP contribution in [0.1, 0.15) is 46.0 Å². The zero-order valence-corrected chi connectivity index (χ0v) is 9.34. The third-order valence-electron chi connectivity index (χ3n) is 2.61. The van der Waals surface area contributed by atoms with Gasteiger partial charge in [-0.15, -0.1) is 5.73 Å². The van der Waals surface area contributed by atoms with E-state index >= 15 is 0 Å². The molecule has 2 atom stereocenters. The van der Waals surface area contributed by atoms with Crippen LogP contribution >= 0.6 is 0 Å². The first-order chi connectivity index (χ1) is 6.74. The van der Waals surface area contributed by atoms with Gasteiger partial charge in [0.1, 0.15) is 0 Å². The quantitative estimate of drug-likeness (QED) is 0.387. The Balaban J connectivity index is 2.12. The maximum absolute atomic E-state index is 5.64. The van der Waals surface area contributed by atoms with Crippen molar-refractivity contribution in [1.82, 2.24) is 5.32 Å². The highest BCUT2D eigenvalue weighted by Gasteiger charge is 2.31. The number of hydrogen-bond acceptors (Lipinski definition) is 2. The molecule has 3 N–H and O–H groups in total. The summed E-state index contributed by atoms with van der Waals surface area (Å²) in [6.07, 6.45) is 8.39. The molecular weight excluding hydrogens is 172 g/mol. The van der Waals surface area contributed by atoms with Gasteiger partial charge < -0.3 is 5.73 Å². The lowest BCUT2D eigenvalue weighted by Crippen LogP contribution is -2.06. The number of unbranched alkanes of at least 4 members (excludes halogenated alkanes) is 2. The van der Waals surface area contributed by atoms with Gasteiger partial charge in [0, 0.05) is 6.04 Å². The van der Waals surface area contributed by atoms with Crippen LogP contribution in [0.15, 0.2) is 17.4 Å². The topological polar surface area (TPSA) is 48.0 Å². The zero-order valence-electron chi connectivity index (χ0n) is 9.34. The molecule has 0 amide bonds. The van der Waals surface area contributed by atoms with E-state index in [-0.39, 0.29) is 6.17 Å². The Morgan fingerprint density at radius 1 is 1.57 bits per heavy atom. The molecule has 1 aliphatic heterocycles. The Bertz CT molecular complexity index is 226. The molecule has 2 nitrogen and oxygen atoms in total. The molecule has 1 heterocycles. The standard InChI is InChI=1S/C12H22N2/c1-3-4-5-6-7-10(2)8-9-11-12(13)14-11/h6,11-12,14H,3-5,8-9,13H2,1-2H3. The van der Waals surface area contributed by atoms with Crippen LogP contribution in [0.3, 0.4) is 0 Å². The van der Waals surface area contributed by atoms with Gasteiger partial charge in [0.25, 0.3) is 0 Å². The minimum atomic E-state index is 0.256. The molecule has 14 heavy (non-hydrogen) atoms. The van der Waals surface area contributed by atoms with Crippen LogP contribution < -0.4 is 11.1 Å².